The maximum atomic E-state index is 12.0. The summed E-state index contributed by atoms with van der Waals surface area (Å²) in [7, 11) is 0. The molecule has 0 unspecified atom stereocenters. The van der Waals surface area contributed by atoms with Crippen LogP contribution in [0.25, 0.3) is 21.6 Å². The Balaban J connectivity index is 1.19. The van der Waals surface area contributed by atoms with Crippen molar-refractivity contribution in [2.75, 3.05) is 65.1 Å². The molecule has 5 N–H and O–H groups in total. The monoisotopic (exact) mass is 530 g/mol. The van der Waals surface area contributed by atoms with Gasteiger partial charge >= 0.3 is 5.95 Å². The Morgan fingerprint density at radius 1 is 1.03 bits per heavy atom. The zero-order chi connectivity index (χ0) is 26.8. The lowest BCUT2D eigenvalue weighted by molar-refractivity contribution is -0.380. The number of amides is 1. The van der Waals surface area contributed by atoms with Crippen LogP contribution in [0.5, 0.6) is 5.88 Å². The standard InChI is InChI=1S/C23H31N9O6/c24-23-30-21-20(27-16-28-21)22(31-23)38-14-18-3-1-17(2-4-18)13-26-19(33)15-37-12-11-36-10-9-35-8-7-34-6-5-29-32-25/h1-4,16H,5-15H2,(H,26,33)(H3,24,27,28,30,31)/p+1. The van der Waals surface area contributed by atoms with Crippen molar-refractivity contribution in [3.63, 3.8) is 0 Å². The number of azide groups is 1. The molecule has 3 rings (SSSR count). The summed E-state index contributed by atoms with van der Waals surface area (Å²) < 4.78 is 27.1. The van der Waals surface area contributed by atoms with Crippen molar-refractivity contribution in [3.8, 4) is 5.88 Å². The fraction of sp³-hybridized carbons (Fsp3) is 0.478. The quantitative estimate of drug-likeness (QED) is 0.0870. The fourth-order valence-electron chi connectivity index (χ4n) is 3.10. The highest BCUT2D eigenvalue weighted by Gasteiger charge is 2.14. The summed E-state index contributed by atoms with van der Waals surface area (Å²) in [6.45, 7) is 3.69. The molecule has 2 aromatic heterocycles. The molecule has 0 spiro atoms. The van der Waals surface area contributed by atoms with E-state index in [1.165, 1.54) is 6.33 Å². The Morgan fingerprint density at radius 2 is 1.68 bits per heavy atom. The maximum Gasteiger partial charge on any atom is 0.392 e. The van der Waals surface area contributed by atoms with Crippen LogP contribution in [0.1, 0.15) is 11.1 Å². The Kier molecular flexibility index (Phi) is 12.5. The van der Waals surface area contributed by atoms with Crippen LogP contribution in [0.3, 0.4) is 0 Å². The first-order valence-electron chi connectivity index (χ1n) is 12.0. The zero-order valence-corrected chi connectivity index (χ0v) is 20.9. The number of fused-ring (bicyclic) bond motifs is 1. The van der Waals surface area contributed by atoms with Gasteiger partial charge in [0.1, 0.15) is 13.2 Å². The topological polar surface area (TPSA) is 206 Å². The lowest BCUT2D eigenvalue weighted by atomic mass is 10.1. The molecule has 0 radical (unpaired) electrons. The predicted octanol–water partition coefficient (Wildman–Crippen LogP) is 0.926. The first kappa shape index (κ1) is 28.6. The van der Waals surface area contributed by atoms with Crippen LogP contribution in [0.2, 0.25) is 0 Å². The lowest BCUT2D eigenvalue weighted by Gasteiger charge is -2.09. The van der Waals surface area contributed by atoms with Crippen LogP contribution in [-0.4, -0.2) is 80.3 Å². The van der Waals surface area contributed by atoms with Crippen LogP contribution in [-0.2, 0) is 36.9 Å². The largest absolute Gasteiger partial charge is 0.461 e. The molecule has 2 heterocycles. The van der Waals surface area contributed by atoms with Gasteiger partial charge in [0.25, 0.3) is 11.5 Å². The number of nitrogens with zero attached hydrogens (tertiary/aromatic N) is 5. The molecule has 1 amide bonds. The molecule has 15 nitrogen and oxygen atoms in total. The number of nitrogen functional groups attached to an aromatic ring is 1. The molecule has 38 heavy (non-hydrogen) atoms. The highest BCUT2D eigenvalue weighted by Crippen LogP contribution is 2.17. The Hall–Kier alpha value is -4.01. The molecular weight excluding hydrogens is 498 g/mol. The molecular formula is C23H32N9O6+. The molecule has 0 aliphatic carbocycles. The summed E-state index contributed by atoms with van der Waals surface area (Å²) in [6, 6.07) is 7.68. The van der Waals surface area contributed by atoms with Crippen LogP contribution in [0, 0.1) is 0 Å². The number of imidazole rings is 1. The molecule has 1 aromatic carbocycles. The highest BCUT2D eigenvalue weighted by atomic mass is 16.6. The van der Waals surface area contributed by atoms with Crippen molar-refractivity contribution < 1.29 is 33.5 Å². The summed E-state index contributed by atoms with van der Waals surface area (Å²) >= 11 is 0. The van der Waals surface area contributed by atoms with Gasteiger partial charge in [-0.05, 0) is 21.6 Å². The number of rotatable bonds is 19. The first-order valence-corrected chi connectivity index (χ1v) is 12.0. The SMILES string of the molecule is [N-]=[N+]=NCCOCCOCCOCCOCC(=O)NCc1ccc(COc2[nH+]c(N)nc3nc[nH]c23)cc1. The van der Waals surface area contributed by atoms with E-state index >= 15 is 0 Å². The zero-order valence-electron chi connectivity index (χ0n) is 20.9. The first-order chi connectivity index (χ1) is 18.7. The molecule has 204 valence electrons. The van der Waals surface area contributed by atoms with Gasteiger partial charge in [0.05, 0.1) is 52.6 Å². The minimum absolute atomic E-state index is 0.0490. The van der Waals surface area contributed by atoms with E-state index in [-0.39, 0.29) is 18.5 Å². The third kappa shape index (κ3) is 10.5. The normalized spacial score (nSPS) is 10.8. The second-order valence-electron chi connectivity index (χ2n) is 7.78. The number of hydrogen-bond donors (Lipinski definition) is 3. The molecule has 0 atom stereocenters. The van der Waals surface area contributed by atoms with E-state index in [0.717, 1.165) is 11.1 Å². The maximum absolute atomic E-state index is 12.0. The van der Waals surface area contributed by atoms with Gasteiger partial charge in [0.15, 0.2) is 5.52 Å². The second-order valence-corrected chi connectivity index (χ2v) is 7.78. The van der Waals surface area contributed by atoms with Gasteiger partial charge in [-0.1, -0.05) is 29.4 Å². The van der Waals surface area contributed by atoms with Crippen molar-refractivity contribution in [1.82, 2.24) is 20.3 Å². The molecule has 0 saturated carbocycles. The third-order valence-electron chi connectivity index (χ3n) is 4.96. The third-order valence-corrected chi connectivity index (χ3v) is 4.96. The number of carbonyl (C=O) groups is 1. The van der Waals surface area contributed by atoms with Crippen molar-refractivity contribution >= 4 is 23.0 Å². The number of carbonyl (C=O) groups excluding carboxylic acids is 1. The minimum Gasteiger partial charge on any atom is -0.461 e. The number of anilines is 1. The summed E-state index contributed by atoms with van der Waals surface area (Å²) in [5.74, 6) is 0.462. The number of aromatic nitrogens is 4. The average Bonchev–Trinajstić information content (AvgIpc) is 3.40. The number of aromatic amines is 2. The van der Waals surface area contributed by atoms with E-state index in [1.54, 1.807) is 0 Å². The molecule has 15 heteroatoms. The Morgan fingerprint density at radius 3 is 2.39 bits per heavy atom. The van der Waals surface area contributed by atoms with Gasteiger partial charge in [0.2, 0.25) is 5.91 Å². The number of hydrogen-bond acceptors (Lipinski definition) is 10. The average molecular weight is 531 g/mol. The van der Waals surface area contributed by atoms with E-state index in [4.69, 9.17) is 34.9 Å². The minimum atomic E-state index is -0.212. The Labute approximate surface area is 218 Å². The van der Waals surface area contributed by atoms with Gasteiger partial charge in [-0.15, -0.1) is 0 Å². The van der Waals surface area contributed by atoms with Gasteiger partial charge in [0, 0.05) is 18.0 Å². The molecule has 0 aliphatic rings. The van der Waals surface area contributed by atoms with Crippen molar-refractivity contribution in [3.05, 3.63) is 52.2 Å². The number of benzene rings is 1. The number of ether oxygens (including phenoxy) is 5. The van der Waals surface area contributed by atoms with Crippen molar-refractivity contribution in [1.29, 1.82) is 0 Å². The van der Waals surface area contributed by atoms with E-state index in [2.05, 4.69) is 35.3 Å². The summed E-state index contributed by atoms with van der Waals surface area (Å²) in [6.07, 6.45) is 1.52. The summed E-state index contributed by atoms with van der Waals surface area (Å²) in [4.78, 5) is 28.6. The van der Waals surface area contributed by atoms with Crippen LogP contribution < -0.4 is 20.8 Å². The van der Waals surface area contributed by atoms with Gasteiger partial charge < -0.3 is 34.0 Å². The molecule has 0 bridgehead atoms. The van der Waals surface area contributed by atoms with Crippen molar-refractivity contribution in [2.24, 2.45) is 5.11 Å². The van der Waals surface area contributed by atoms with E-state index in [1.807, 2.05) is 24.3 Å². The second kappa shape index (κ2) is 16.7. The number of nitrogens with one attached hydrogen (secondary N) is 3. The van der Waals surface area contributed by atoms with Crippen molar-refractivity contribution in [2.45, 2.75) is 13.2 Å². The van der Waals surface area contributed by atoms with E-state index < -0.39 is 0 Å². The summed E-state index contributed by atoms with van der Waals surface area (Å²) in [5.41, 5.74) is 16.9. The van der Waals surface area contributed by atoms with Crippen LogP contribution in [0.15, 0.2) is 35.7 Å². The van der Waals surface area contributed by atoms with Gasteiger partial charge in [-0.3, -0.25) is 10.5 Å². The molecule has 0 aliphatic heterocycles. The molecule has 0 saturated heterocycles. The van der Waals surface area contributed by atoms with Gasteiger partial charge in [-0.2, -0.15) is 0 Å². The van der Waals surface area contributed by atoms with Crippen LogP contribution >= 0.6 is 0 Å². The lowest BCUT2D eigenvalue weighted by Crippen LogP contribution is -2.27. The molecule has 0 fully saturated rings. The smallest absolute Gasteiger partial charge is 0.392 e. The highest BCUT2D eigenvalue weighted by molar-refractivity contribution is 5.77. The fourth-order valence-corrected chi connectivity index (χ4v) is 3.10. The predicted molar refractivity (Wildman–Crippen MR) is 135 cm³/mol. The van der Waals surface area contributed by atoms with E-state index in [0.29, 0.717) is 83.0 Å². The number of H-pyrrole nitrogens is 2. The summed E-state index contributed by atoms with van der Waals surface area (Å²) in [5, 5.41) is 6.18. The Bertz CT molecular complexity index is 1170. The van der Waals surface area contributed by atoms with E-state index in [9.17, 15) is 4.79 Å². The van der Waals surface area contributed by atoms with Crippen LogP contribution in [0.4, 0.5) is 5.95 Å². The molecule has 3 aromatic rings. The number of nitrogens with two attached hydrogens (primary N) is 1. The van der Waals surface area contributed by atoms with Gasteiger partial charge in [-0.25, -0.2) is 9.97 Å².